The molecule has 1 aromatic heterocycles. The Kier molecular flexibility index (Phi) is 10.8. The Labute approximate surface area is 188 Å². The summed E-state index contributed by atoms with van der Waals surface area (Å²) in [6, 6.07) is 9.29. The minimum atomic E-state index is -3.44. The molecule has 10 heteroatoms. The zero-order valence-electron chi connectivity index (χ0n) is 16.2. The predicted molar refractivity (Wildman–Crippen MR) is 125 cm³/mol. The van der Waals surface area contributed by atoms with Crippen molar-refractivity contribution in [2.75, 3.05) is 26.7 Å². The molecule has 2 aromatic rings. The highest BCUT2D eigenvalue weighted by Crippen LogP contribution is 2.20. The minimum absolute atomic E-state index is 0. The first-order chi connectivity index (χ1) is 13.0. The summed E-state index contributed by atoms with van der Waals surface area (Å²) >= 11 is 1.19. The molecule has 0 unspecified atom stereocenters. The van der Waals surface area contributed by atoms with Crippen molar-refractivity contribution < 1.29 is 13.2 Å². The number of aryl methyl sites for hydroxylation is 1. The van der Waals surface area contributed by atoms with Gasteiger partial charge in [0.1, 0.15) is 9.96 Å². The fraction of sp³-hybridized carbons (Fsp3) is 0.389. The maximum absolute atomic E-state index is 12.1. The molecule has 0 saturated carbocycles. The number of nitrogens with one attached hydrogen (secondary N) is 3. The first kappa shape index (κ1) is 24.7. The van der Waals surface area contributed by atoms with E-state index in [1.165, 1.54) is 11.3 Å². The van der Waals surface area contributed by atoms with E-state index in [2.05, 4.69) is 20.3 Å². The van der Waals surface area contributed by atoms with Crippen LogP contribution in [0.25, 0.3) is 0 Å². The molecule has 156 valence electrons. The molecule has 3 N–H and O–H groups in total. The third-order valence-corrected chi connectivity index (χ3v) is 6.52. The Bertz CT molecular complexity index is 856. The van der Waals surface area contributed by atoms with Gasteiger partial charge in [-0.1, -0.05) is 18.2 Å². The summed E-state index contributed by atoms with van der Waals surface area (Å²) in [5.74, 6) is 1.42. The van der Waals surface area contributed by atoms with Gasteiger partial charge >= 0.3 is 0 Å². The van der Waals surface area contributed by atoms with Crippen LogP contribution in [0, 0.1) is 6.92 Å². The molecular formula is C18H27IN4O3S2. The van der Waals surface area contributed by atoms with Crippen LogP contribution in [-0.4, -0.2) is 41.1 Å². The summed E-state index contributed by atoms with van der Waals surface area (Å²) in [5.41, 5.74) is 2.11. The maximum atomic E-state index is 12.1. The Morgan fingerprint density at radius 3 is 2.64 bits per heavy atom. The van der Waals surface area contributed by atoms with Gasteiger partial charge < -0.3 is 15.4 Å². The molecule has 7 nitrogen and oxygen atoms in total. The van der Waals surface area contributed by atoms with E-state index in [9.17, 15) is 8.42 Å². The summed E-state index contributed by atoms with van der Waals surface area (Å²) in [4.78, 5) is 4.55. The van der Waals surface area contributed by atoms with E-state index in [-0.39, 0.29) is 30.5 Å². The van der Waals surface area contributed by atoms with Gasteiger partial charge in [-0.3, -0.25) is 0 Å². The van der Waals surface area contributed by atoms with Gasteiger partial charge in [-0.15, -0.1) is 35.3 Å². The Balaban J connectivity index is 0.00000392. The third-order valence-electron chi connectivity index (χ3n) is 3.66. The average molecular weight is 538 g/mol. The molecule has 2 rings (SSSR count). The number of rotatable bonds is 9. The van der Waals surface area contributed by atoms with Crippen LogP contribution in [0.5, 0.6) is 5.75 Å². The number of nitrogens with zero attached hydrogens (tertiary/aromatic N) is 1. The van der Waals surface area contributed by atoms with Gasteiger partial charge in [-0.05, 0) is 36.9 Å². The SMILES string of the molecule is CCNC(=NCc1ccc(C)cc1OC)NCCNS(=O)(=O)c1cccs1.I. The smallest absolute Gasteiger partial charge is 0.250 e. The lowest BCUT2D eigenvalue weighted by atomic mass is 10.1. The van der Waals surface area contributed by atoms with Crippen molar-refractivity contribution >= 4 is 51.3 Å². The van der Waals surface area contributed by atoms with Gasteiger partial charge in [0, 0.05) is 25.2 Å². The van der Waals surface area contributed by atoms with Crippen LogP contribution in [0.2, 0.25) is 0 Å². The molecule has 0 aliphatic carbocycles. The van der Waals surface area contributed by atoms with Gasteiger partial charge in [0.05, 0.1) is 13.7 Å². The predicted octanol–water partition coefficient (Wildman–Crippen LogP) is 2.72. The first-order valence-electron chi connectivity index (χ1n) is 8.65. The summed E-state index contributed by atoms with van der Waals surface area (Å²) in [5, 5.41) is 8.02. The number of sulfonamides is 1. The lowest BCUT2D eigenvalue weighted by Gasteiger charge is -2.13. The molecule has 0 fully saturated rings. The molecule has 0 saturated heterocycles. The molecule has 1 aromatic carbocycles. The monoisotopic (exact) mass is 538 g/mol. The second-order valence-corrected chi connectivity index (χ2v) is 8.71. The van der Waals surface area contributed by atoms with Crippen LogP contribution < -0.4 is 20.1 Å². The van der Waals surface area contributed by atoms with Gasteiger partial charge in [-0.2, -0.15) is 0 Å². The van der Waals surface area contributed by atoms with Crippen LogP contribution in [-0.2, 0) is 16.6 Å². The highest BCUT2D eigenvalue weighted by molar-refractivity contribution is 14.0. The molecular weight excluding hydrogens is 511 g/mol. The molecule has 0 aliphatic heterocycles. The van der Waals surface area contributed by atoms with Crippen LogP contribution in [0.1, 0.15) is 18.1 Å². The van der Waals surface area contributed by atoms with Crippen LogP contribution in [0.4, 0.5) is 0 Å². The maximum Gasteiger partial charge on any atom is 0.250 e. The highest BCUT2D eigenvalue weighted by Gasteiger charge is 2.13. The van der Waals surface area contributed by atoms with E-state index in [1.54, 1.807) is 24.6 Å². The Hall–Kier alpha value is -1.37. The van der Waals surface area contributed by atoms with Crippen molar-refractivity contribution in [3.8, 4) is 5.75 Å². The summed E-state index contributed by atoms with van der Waals surface area (Å²) in [7, 11) is -1.80. The number of benzene rings is 1. The topological polar surface area (TPSA) is 91.8 Å². The fourth-order valence-electron chi connectivity index (χ4n) is 2.34. The van der Waals surface area contributed by atoms with Crippen molar-refractivity contribution in [1.29, 1.82) is 0 Å². The number of hydrogen-bond donors (Lipinski definition) is 3. The summed E-state index contributed by atoms with van der Waals surface area (Å²) in [6.45, 7) is 5.83. The van der Waals surface area contributed by atoms with Crippen molar-refractivity contribution in [2.24, 2.45) is 4.99 Å². The van der Waals surface area contributed by atoms with Crippen molar-refractivity contribution in [3.05, 3.63) is 46.8 Å². The van der Waals surface area contributed by atoms with Crippen molar-refractivity contribution in [1.82, 2.24) is 15.4 Å². The minimum Gasteiger partial charge on any atom is -0.496 e. The number of guanidine groups is 1. The highest BCUT2D eigenvalue weighted by atomic mass is 127. The van der Waals surface area contributed by atoms with Crippen molar-refractivity contribution in [3.63, 3.8) is 0 Å². The van der Waals surface area contributed by atoms with Gasteiger partial charge in [0.15, 0.2) is 5.96 Å². The number of methoxy groups -OCH3 is 1. The molecule has 1 heterocycles. The molecule has 0 spiro atoms. The van der Waals surface area contributed by atoms with E-state index in [0.717, 1.165) is 16.9 Å². The third kappa shape index (κ3) is 7.57. The van der Waals surface area contributed by atoms with E-state index in [0.29, 0.717) is 29.8 Å². The van der Waals surface area contributed by atoms with Gasteiger partial charge in [0.2, 0.25) is 10.0 Å². The lowest BCUT2D eigenvalue weighted by molar-refractivity contribution is 0.409. The Morgan fingerprint density at radius 1 is 1.21 bits per heavy atom. The zero-order chi connectivity index (χ0) is 19.7. The Morgan fingerprint density at radius 2 is 2.00 bits per heavy atom. The van der Waals surface area contributed by atoms with E-state index < -0.39 is 10.0 Å². The van der Waals surface area contributed by atoms with E-state index >= 15 is 0 Å². The van der Waals surface area contributed by atoms with Gasteiger partial charge in [0.25, 0.3) is 0 Å². The quantitative estimate of drug-likeness (QED) is 0.198. The molecule has 0 atom stereocenters. The van der Waals surface area contributed by atoms with Crippen molar-refractivity contribution in [2.45, 2.75) is 24.6 Å². The first-order valence-corrected chi connectivity index (χ1v) is 11.0. The van der Waals surface area contributed by atoms with E-state index in [4.69, 9.17) is 4.74 Å². The number of ether oxygens (including phenoxy) is 1. The summed E-state index contributed by atoms with van der Waals surface area (Å²) in [6.07, 6.45) is 0. The molecule has 0 aliphatic rings. The van der Waals surface area contributed by atoms with Crippen LogP contribution in [0.3, 0.4) is 0 Å². The summed E-state index contributed by atoms with van der Waals surface area (Å²) < 4.78 is 32.5. The van der Waals surface area contributed by atoms with Crippen LogP contribution >= 0.6 is 35.3 Å². The average Bonchev–Trinajstić information content (AvgIpc) is 3.19. The second kappa shape index (κ2) is 12.2. The largest absolute Gasteiger partial charge is 0.496 e. The number of thiophene rings is 1. The standard InChI is InChI=1S/C18H26N4O3S2.HI/c1-4-19-18(21-13-15-8-7-14(2)12-16(15)25-3)20-9-10-22-27(23,24)17-6-5-11-26-17;/h5-8,11-12,22H,4,9-10,13H2,1-3H3,(H2,19,20,21);1H. The van der Waals surface area contributed by atoms with Crippen LogP contribution in [0.15, 0.2) is 44.9 Å². The zero-order valence-corrected chi connectivity index (χ0v) is 20.2. The second-order valence-electron chi connectivity index (χ2n) is 5.77. The molecule has 0 amide bonds. The molecule has 0 radical (unpaired) electrons. The van der Waals surface area contributed by atoms with E-state index in [1.807, 2.05) is 32.0 Å². The normalized spacial score (nSPS) is 11.6. The lowest BCUT2D eigenvalue weighted by Crippen LogP contribution is -2.41. The molecule has 0 bridgehead atoms. The number of hydrogen-bond acceptors (Lipinski definition) is 5. The number of halogens is 1. The fourth-order valence-corrected chi connectivity index (χ4v) is 4.41. The van der Waals surface area contributed by atoms with Gasteiger partial charge in [-0.25, -0.2) is 18.1 Å². The number of aliphatic imine (C=N–C) groups is 1. The molecule has 28 heavy (non-hydrogen) atoms.